The minimum Gasteiger partial charge on any atom is -0.493 e. The standard InChI is InChI=1S/C17H17Cl3N4O3/c1-8(2)27-11-6-9(4-5-10(11)26-3)7-22-24-17(25)15-12(18)14(21)13(19)16(20)23-15/h4-8H,1-3H3,(H2,21,23)(H,24,25)/b22-7+. The summed E-state index contributed by atoms with van der Waals surface area (Å²) in [5.41, 5.74) is 8.47. The summed E-state index contributed by atoms with van der Waals surface area (Å²) in [6.45, 7) is 3.81. The first-order valence-corrected chi connectivity index (χ1v) is 8.86. The average Bonchev–Trinajstić information content (AvgIpc) is 2.62. The Balaban J connectivity index is 2.17. The fraction of sp³-hybridized carbons (Fsp3) is 0.235. The number of nitrogens with two attached hydrogens (primary N) is 1. The summed E-state index contributed by atoms with van der Waals surface area (Å²) in [7, 11) is 1.55. The Morgan fingerprint density at radius 1 is 1.26 bits per heavy atom. The molecule has 2 aromatic rings. The molecule has 3 N–H and O–H groups in total. The molecule has 0 fully saturated rings. The van der Waals surface area contributed by atoms with E-state index in [-0.39, 0.29) is 32.7 Å². The van der Waals surface area contributed by atoms with E-state index in [0.29, 0.717) is 17.1 Å². The number of carbonyl (C=O) groups excluding carboxylic acids is 1. The number of nitrogens with one attached hydrogen (secondary N) is 1. The quantitative estimate of drug-likeness (QED) is 0.406. The van der Waals surface area contributed by atoms with Gasteiger partial charge in [0.05, 0.1) is 30.1 Å². The van der Waals surface area contributed by atoms with Gasteiger partial charge in [0, 0.05) is 0 Å². The second-order valence-electron chi connectivity index (χ2n) is 5.57. The van der Waals surface area contributed by atoms with E-state index >= 15 is 0 Å². The van der Waals surface area contributed by atoms with Crippen molar-refractivity contribution in [1.82, 2.24) is 10.4 Å². The lowest BCUT2D eigenvalue weighted by molar-refractivity contribution is 0.0950. The van der Waals surface area contributed by atoms with Crippen molar-refractivity contribution in [3.05, 3.63) is 44.7 Å². The Bertz CT molecular complexity index is 888. The first-order chi connectivity index (χ1) is 12.7. The van der Waals surface area contributed by atoms with Crippen molar-refractivity contribution < 1.29 is 14.3 Å². The molecule has 1 aromatic heterocycles. The van der Waals surface area contributed by atoms with Crippen molar-refractivity contribution >= 4 is 52.6 Å². The molecule has 2 rings (SSSR count). The zero-order valence-electron chi connectivity index (χ0n) is 14.7. The summed E-state index contributed by atoms with van der Waals surface area (Å²) in [5, 5.41) is 3.63. The first kappa shape index (κ1) is 21.1. The number of hydrogen-bond donors (Lipinski definition) is 2. The van der Waals surface area contributed by atoms with Crippen LogP contribution < -0.4 is 20.6 Å². The van der Waals surface area contributed by atoms with E-state index < -0.39 is 5.91 Å². The van der Waals surface area contributed by atoms with Gasteiger partial charge in [-0.05, 0) is 37.6 Å². The minimum absolute atomic E-state index is 0.0161. The zero-order chi connectivity index (χ0) is 20.1. The number of hydrazone groups is 1. The van der Waals surface area contributed by atoms with Crippen molar-refractivity contribution in [2.75, 3.05) is 12.8 Å². The van der Waals surface area contributed by atoms with Crippen molar-refractivity contribution in [2.45, 2.75) is 20.0 Å². The molecule has 1 aromatic carbocycles. The van der Waals surface area contributed by atoms with E-state index in [1.165, 1.54) is 6.21 Å². The Morgan fingerprint density at radius 2 is 1.96 bits per heavy atom. The molecule has 0 spiro atoms. The van der Waals surface area contributed by atoms with Crippen molar-refractivity contribution in [1.29, 1.82) is 0 Å². The second kappa shape index (κ2) is 9.12. The first-order valence-electron chi connectivity index (χ1n) is 7.72. The Hall–Kier alpha value is -2.22. The predicted molar refractivity (Wildman–Crippen MR) is 107 cm³/mol. The van der Waals surface area contributed by atoms with Gasteiger partial charge >= 0.3 is 0 Å². The van der Waals surface area contributed by atoms with Gasteiger partial charge in [-0.2, -0.15) is 5.10 Å². The van der Waals surface area contributed by atoms with Crippen LogP contribution in [0.1, 0.15) is 29.9 Å². The van der Waals surface area contributed by atoms with Crippen LogP contribution in [0.4, 0.5) is 5.69 Å². The maximum Gasteiger partial charge on any atom is 0.291 e. The molecule has 0 saturated heterocycles. The summed E-state index contributed by atoms with van der Waals surface area (Å²) in [6.07, 6.45) is 1.40. The number of rotatable bonds is 6. The van der Waals surface area contributed by atoms with Gasteiger partial charge in [0.2, 0.25) is 0 Å². The minimum atomic E-state index is -0.686. The van der Waals surface area contributed by atoms with Gasteiger partial charge in [-0.3, -0.25) is 4.79 Å². The smallest absolute Gasteiger partial charge is 0.291 e. The van der Waals surface area contributed by atoms with E-state index in [4.69, 9.17) is 50.0 Å². The van der Waals surface area contributed by atoms with Crippen LogP contribution in [-0.2, 0) is 0 Å². The molecule has 0 aliphatic rings. The molecule has 0 aliphatic carbocycles. The molecule has 0 saturated carbocycles. The van der Waals surface area contributed by atoms with Crippen LogP contribution in [0.3, 0.4) is 0 Å². The SMILES string of the molecule is COc1ccc(/C=N/NC(=O)c2nc(Cl)c(Cl)c(N)c2Cl)cc1OC(C)C. The molecule has 0 unspecified atom stereocenters. The second-order valence-corrected chi connectivity index (χ2v) is 6.68. The molecular formula is C17H17Cl3N4O3. The normalized spacial score (nSPS) is 11.1. The maximum absolute atomic E-state index is 12.2. The molecule has 1 amide bonds. The van der Waals surface area contributed by atoms with Crippen LogP contribution in [0.15, 0.2) is 23.3 Å². The maximum atomic E-state index is 12.2. The van der Waals surface area contributed by atoms with Crippen LogP contribution in [0.2, 0.25) is 15.2 Å². The van der Waals surface area contributed by atoms with Crippen molar-refractivity contribution in [3.8, 4) is 11.5 Å². The average molecular weight is 432 g/mol. The van der Waals surface area contributed by atoms with E-state index in [2.05, 4.69) is 15.5 Å². The number of nitrogen functional groups attached to an aromatic ring is 1. The fourth-order valence-electron chi connectivity index (χ4n) is 2.02. The Kier molecular flexibility index (Phi) is 7.12. The Morgan fingerprint density at radius 3 is 2.59 bits per heavy atom. The number of benzene rings is 1. The highest BCUT2D eigenvalue weighted by molar-refractivity contribution is 6.46. The molecule has 7 nitrogen and oxygen atoms in total. The highest BCUT2D eigenvalue weighted by Crippen LogP contribution is 2.34. The Labute approximate surface area is 171 Å². The number of nitrogens with zero attached hydrogens (tertiary/aromatic N) is 2. The molecule has 0 bridgehead atoms. The monoisotopic (exact) mass is 430 g/mol. The lowest BCUT2D eigenvalue weighted by Crippen LogP contribution is -2.20. The van der Waals surface area contributed by atoms with Crippen LogP contribution >= 0.6 is 34.8 Å². The van der Waals surface area contributed by atoms with Crippen molar-refractivity contribution in [3.63, 3.8) is 0 Å². The molecule has 0 aliphatic heterocycles. The van der Waals surface area contributed by atoms with Gasteiger partial charge in [0.25, 0.3) is 5.91 Å². The predicted octanol–water partition coefficient (Wildman–Crippen LogP) is 4.18. The summed E-state index contributed by atoms with van der Waals surface area (Å²) in [5.74, 6) is 0.463. The summed E-state index contributed by atoms with van der Waals surface area (Å²) >= 11 is 17.6. The highest BCUT2D eigenvalue weighted by Gasteiger charge is 2.19. The number of carbonyl (C=O) groups is 1. The third-order valence-corrected chi connectivity index (χ3v) is 4.35. The number of amides is 1. The molecule has 10 heteroatoms. The third kappa shape index (κ3) is 5.15. The van der Waals surface area contributed by atoms with Crippen LogP contribution in [0.5, 0.6) is 11.5 Å². The van der Waals surface area contributed by atoms with Gasteiger partial charge in [-0.25, -0.2) is 10.4 Å². The summed E-state index contributed by atoms with van der Waals surface area (Å²) < 4.78 is 10.9. The highest BCUT2D eigenvalue weighted by atomic mass is 35.5. The van der Waals surface area contributed by atoms with E-state index in [9.17, 15) is 4.79 Å². The van der Waals surface area contributed by atoms with E-state index in [1.54, 1.807) is 25.3 Å². The van der Waals surface area contributed by atoms with Gasteiger partial charge < -0.3 is 15.2 Å². The van der Waals surface area contributed by atoms with Gasteiger partial charge in [0.1, 0.15) is 5.02 Å². The molecular weight excluding hydrogens is 415 g/mol. The zero-order valence-corrected chi connectivity index (χ0v) is 17.0. The number of methoxy groups -OCH3 is 1. The van der Waals surface area contributed by atoms with Gasteiger partial charge in [-0.1, -0.05) is 34.8 Å². The number of halogens is 3. The lowest BCUT2D eigenvalue weighted by atomic mass is 10.2. The van der Waals surface area contributed by atoms with Crippen LogP contribution in [0, 0.1) is 0 Å². The van der Waals surface area contributed by atoms with Crippen molar-refractivity contribution in [2.24, 2.45) is 5.10 Å². The van der Waals surface area contributed by atoms with E-state index in [0.717, 1.165) is 0 Å². The summed E-state index contributed by atoms with van der Waals surface area (Å²) in [6, 6.07) is 5.22. The molecule has 0 atom stereocenters. The summed E-state index contributed by atoms with van der Waals surface area (Å²) in [4.78, 5) is 16.0. The van der Waals surface area contributed by atoms with Crippen LogP contribution in [0.25, 0.3) is 0 Å². The molecule has 1 heterocycles. The topological polar surface area (TPSA) is 98.8 Å². The fourth-order valence-corrected chi connectivity index (χ4v) is 2.61. The number of aromatic nitrogens is 1. The van der Waals surface area contributed by atoms with Gasteiger partial charge in [0.15, 0.2) is 22.3 Å². The number of anilines is 1. The van der Waals surface area contributed by atoms with Gasteiger partial charge in [-0.15, -0.1) is 0 Å². The lowest BCUT2D eigenvalue weighted by Gasteiger charge is -2.13. The largest absolute Gasteiger partial charge is 0.493 e. The van der Waals surface area contributed by atoms with Crippen LogP contribution in [-0.4, -0.2) is 30.3 Å². The van der Waals surface area contributed by atoms with E-state index in [1.807, 2.05) is 13.8 Å². The molecule has 144 valence electrons. The number of hydrogen-bond acceptors (Lipinski definition) is 6. The number of ether oxygens (including phenoxy) is 2. The third-order valence-electron chi connectivity index (χ3n) is 3.22. The molecule has 27 heavy (non-hydrogen) atoms. The number of pyridine rings is 1. The molecule has 0 radical (unpaired) electrons.